The van der Waals surface area contributed by atoms with Gasteiger partial charge in [-0.25, -0.2) is 8.78 Å². The molecule has 0 radical (unpaired) electrons. The Bertz CT molecular complexity index is 379. The van der Waals surface area contributed by atoms with E-state index in [9.17, 15) is 13.9 Å². The Morgan fingerprint density at radius 2 is 2.00 bits per heavy atom. The molecule has 0 aliphatic carbocycles. The number of alkyl halides is 2. The maximum atomic E-state index is 12.4. The average Bonchev–Trinajstić information content (AvgIpc) is 2.33. The van der Waals surface area contributed by atoms with Crippen LogP contribution >= 0.6 is 0 Å². The summed E-state index contributed by atoms with van der Waals surface area (Å²) in [5.41, 5.74) is 0.572. The van der Waals surface area contributed by atoms with E-state index < -0.39 is 6.43 Å². The molecule has 0 amide bonds. The van der Waals surface area contributed by atoms with E-state index in [1.54, 1.807) is 6.07 Å². The molecule has 2 rings (SSSR count). The third-order valence-corrected chi connectivity index (χ3v) is 2.96. The molecule has 1 fully saturated rings. The molecule has 0 atom stereocenters. The average molecular weight is 242 g/mol. The van der Waals surface area contributed by atoms with Gasteiger partial charge in [0, 0.05) is 43.9 Å². The number of phenols is 1. The molecular weight excluding hydrogens is 226 g/mol. The first-order chi connectivity index (χ1) is 8.16. The first-order valence-electron chi connectivity index (χ1n) is 5.70. The van der Waals surface area contributed by atoms with Crippen LogP contribution in [0, 0.1) is 0 Å². The summed E-state index contributed by atoms with van der Waals surface area (Å²) in [7, 11) is 0. The fraction of sp³-hybridized carbons (Fsp3) is 0.500. The van der Waals surface area contributed by atoms with E-state index in [0.717, 1.165) is 32.2 Å². The predicted molar refractivity (Wildman–Crippen MR) is 61.2 cm³/mol. The second-order valence-electron chi connectivity index (χ2n) is 4.21. The van der Waals surface area contributed by atoms with Crippen LogP contribution in [0.15, 0.2) is 18.2 Å². The summed E-state index contributed by atoms with van der Waals surface area (Å²) in [6.45, 7) is 4.29. The summed E-state index contributed by atoms with van der Waals surface area (Å²) in [6, 6.07) is 4.11. The number of nitrogens with zero attached hydrogens (tertiary/aromatic N) is 1. The molecule has 1 aromatic rings. The van der Waals surface area contributed by atoms with Crippen molar-refractivity contribution >= 4 is 0 Å². The highest BCUT2D eigenvalue weighted by molar-refractivity contribution is 5.36. The number of hydrogen-bond donors (Lipinski definition) is 2. The SMILES string of the molecule is Oc1cc(C(F)F)ccc1CN1CCNCC1. The highest BCUT2D eigenvalue weighted by Gasteiger charge is 2.14. The standard InChI is InChI=1S/C12H16F2N2O/c13-12(14)9-1-2-10(11(17)7-9)8-16-5-3-15-4-6-16/h1-2,7,12,15,17H,3-6,8H2. The van der Waals surface area contributed by atoms with Gasteiger partial charge in [-0.3, -0.25) is 4.90 Å². The van der Waals surface area contributed by atoms with Gasteiger partial charge in [-0.2, -0.15) is 0 Å². The molecule has 1 saturated heterocycles. The molecule has 3 nitrogen and oxygen atoms in total. The van der Waals surface area contributed by atoms with Crippen molar-refractivity contribution in [1.29, 1.82) is 0 Å². The highest BCUT2D eigenvalue weighted by atomic mass is 19.3. The monoisotopic (exact) mass is 242 g/mol. The lowest BCUT2D eigenvalue weighted by Gasteiger charge is -2.27. The molecule has 0 spiro atoms. The van der Waals surface area contributed by atoms with E-state index in [1.807, 2.05) is 0 Å². The second-order valence-corrected chi connectivity index (χ2v) is 4.21. The zero-order valence-electron chi connectivity index (χ0n) is 9.50. The number of benzene rings is 1. The summed E-state index contributed by atoms with van der Waals surface area (Å²) in [5, 5.41) is 12.9. The van der Waals surface area contributed by atoms with Gasteiger partial charge in [0.05, 0.1) is 0 Å². The largest absolute Gasteiger partial charge is 0.508 e. The van der Waals surface area contributed by atoms with Crippen LogP contribution in [0.3, 0.4) is 0 Å². The highest BCUT2D eigenvalue weighted by Crippen LogP contribution is 2.26. The normalized spacial score (nSPS) is 17.6. The second kappa shape index (κ2) is 5.42. The zero-order chi connectivity index (χ0) is 12.3. The van der Waals surface area contributed by atoms with Crippen LogP contribution in [0.25, 0.3) is 0 Å². The minimum Gasteiger partial charge on any atom is -0.508 e. The van der Waals surface area contributed by atoms with Gasteiger partial charge in [-0.15, -0.1) is 0 Å². The molecule has 0 saturated carbocycles. The summed E-state index contributed by atoms with van der Waals surface area (Å²) in [5.74, 6) is -0.0404. The van der Waals surface area contributed by atoms with Gasteiger partial charge in [0.1, 0.15) is 5.75 Å². The van der Waals surface area contributed by atoms with Crippen LogP contribution in [0.4, 0.5) is 8.78 Å². The number of phenolic OH excluding ortho intramolecular Hbond substituents is 1. The van der Waals surface area contributed by atoms with Crippen LogP contribution in [-0.2, 0) is 6.54 Å². The molecule has 94 valence electrons. The number of piperazine rings is 1. The predicted octanol–water partition coefficient (Wildman–Crippen LogP) is 1.73. The van der Waals surface area contributed by atoms with Crippen LogP contribution < -0.4 is 5.32 Å². The third kappa shape index (κ3) is 3.14. The maximum Gasteiger partial charge on any atom is 0.263 e. The Morgan fingerprint density at radius 3 is 2.59 bits per heavy atom. The molecule has 1 aromatic carbocycles. The fourth-order valence-electron chi connectivity index (χ4n) is 1.96. The number of halogens is 2. The summed E-state index contributed by atoms with van der Waals surface area (Å²) in [6.07, 6.45) is -2.53. The van der Waals surface area contributed by atoms with Crippen LogP contribution in [-0.4, -0.2) is 36.2 Å². The Labute approximate surface area is 99.1 Å². The number of hydrogen-bond acceptors (Lipinski definition) is 3. The molecule has 0 aromatic heterocycles. The van der Waals surface area contributed by atoms with Crippen LogP contribution in [0.1, 0.15) is 17.6 Å². The van der Waals surface area contributed by atoms with Gasteiger partial charge < -0.3 is 10.4 Å². The van der Waals surface area contributed by atoms with E-state index in [1.165, 1.54) is 6.07 Å². The summed E-state index contributed by atoms with van der Waals surface area (Å²) >= 11 is 0. The van der Waals surface area contributed by atoms with Gasteiger partial charge >= 0.3 is 0 Å². The van der Waals surface area contributed by atoms with Crippen molar-refractivity contribution in [1.82, 2.24) is 10.2 Å². The molecule has 17 heavy (non-hydrogen) atoms. The number of nitrogens with one attached hydrogen (secondary N) is 1. The zero-order valence-corrected chi connectivity index (χ0v) is 9.50. The molecule has 0 bridgehead atoms. The summed E-state index contributed by atoms with van der Waals surface area (Å²) in [4.78, 5) is 2.19. The van der Waals surface area contributed by atoms with E-state index in [2.05, 4.69) is 10.2 Å². The Kier molecular flexibility index (Phi) is 3.91. The molecule has 1 aliphatic heterocycles. The maximum absolute atomic E-state index is 12.4. The Balaban J connectivity index is 2.05. The van der Waals surface area contributed by atoms with Crippen molar-refractivity contribution < 1.29 is 13.9 Å². The molecule has 2 N–H and O–H groups in total. The Morgan fingerprint density at radius 1 is 1.29 bits per heavy atom. The van der Waals surface area contributed by atoms with Gasteiger partial charge in [0.15, 0.2) is 0 Å². The van der Waals surface area contributed by atoms with Gasteiger partial charge in [0.25, 0.3) is 6.43 Å². The van der Waals surface area contributed by atoms with Crippen molar-refractivity contribution in [3.05, 3.63) is 29.3 Å². The number of rotatable bonds is 3. The fourth-order valence-corrected chi connectivity index (χ4v) is 1.96. The van der Waals surface area contributed by atoms with Crippen LogP contribution in [0.5, 0.6) is 5.75 Å². The first kappa shape index (κ1) is 12.3. The van der Waals surface area contributed by atoms with E-state index >= 15 is 0 Å². The molecular formula is C12H16F2N2O. The summed E-state index contributed by atoms with van der Waals surface area (Å²) < 4.78 is 24.8. The lowest BCUT2D eigenvalue weighted by molar-refractivity contribution is 0.151. The van der Waals surface area contributed by atoms with Crippen molar-refractivity contribution in [2.75, 3.05) is 26.2 Å². The van der Waals surface area contributed by atoms with Crippen molar-refractivity contribution in [2.45, 2.75) is 13.0 Å². The minimum absolute atomic E-state index is 0.0404. The third-order valence-electron chi connectivity index (χ3n) is 2.96. The molecule has 0 unspecified atom stereocenters. The first-order valence-corrected chi connectivity index (χ1v) is 5.70. The quantitative estimate of drug-likeness (QED) is 0.847. The van der Waals surface area contributed by atoms with E-state index in [-0.39, 0.29) is 11.3 Å². The molecule has 5 heteroatoms. The van der Waals surface area contributed by atoms with Crippen molar-refractivity contribution in [3.8, 4) is 5.75 Å². The van der Waals surface area contributed by atoms with Crippen LogP contribution in [0.2, 0.25) is 0 Å². The lowest BCUT2D eigenvalue weighted by Crippen LogP contribution is -2.42. The number of aromatic hydroxyl groups is 1. The van der Waals surface area contributed by atoms with Crippen molar-refractivity contribution in [2.24, 2.45) is 0 Å². The van der Waals surface area contributed by atoms with Crippen molar-refractivity contribution in [3.63, 3.8) is 0 Å². The van der Waals surface area contributed by atoms with E-state index in [4.69, 9.17) is 0 Å². The van der Waals surface area contributed by atoms with Gasteiger partial charge in [-0.05, 0) is 6.07 Å². The lowest BCUT2D eigenvalue weighted by atomic mass is 10.1. The Hall–Kier alpha value is -1.20. The minimum atomic E-state index is -2.53. The smallest absolute Gasteiger partial charge is 0.263 e. The topological polar surface area (TPSA) is 35.5 Å². The van der Waals surface area contributed by atoms with Gasteiger partial charge in [-0.1, -0.05) is 12.1 Å². The van der Waals surface area contributed by atoms with Gasteiger partial charge in [0.2, 0.25) is 0 Å². The van der Waals surface area contributed by atoms with E-state index in [0.29, 0.717) is 12.1 Å². The molecule has 1 aliphatic rings. The molecule has 1 heterocycles.